The summed E-state index contributed by atoms with van der Waals surface area (Å²) in [6.45, 7) is 0. The molecule has 2 aromatic rings. The fraction of sp³-hybridized carbons (Fsp3) is 0.316. The Morgan fingerprint density at radius 1 is 1.30 bits per heavy atom. The minimum atomic E-state index is -0.157. The third-order valence-electron chi connectivity index (χ3n) is 4.51. The zero-order chi connectivity index (χ0) is 16.2. The maximum absolute atomic E-state index is 12.4. The van der Waals surface area contributed by atoms with Crippen LogP contribution in [0.4, 0.5) is 0 Å². The van der Waals surface area contributed by atoms with Gasteiger partial charge in [0.15, 0.2) is 11.5 Å². The average molecular weight is 307 g/mol. The third kappa shape index (κ3) is 3.24. The van der Waals surface area contributed by atoms with Crippen LogP contribution in [-0.2, 0) is 4.79 Å². The second-order valence-corrected chi connectivity index (χ2v) is 5.91. The van der Waals surface area contributed by atoms with Crippen LogP contribution in [0, 0.1) is 17.2 Å². The van der Waals surface area contributed by atoms with Crippen molar-refractivity contribution in [3.8, 4) is 6.07 Å². The quantitative estimate of drug-likeness (QED) is 0.786. The zero-order valence-corrected chi connectivity index (χ0v) is 12.7. The molecule has 1 fully saturated rings. The van der Waals surface area contributed by atoms with E-state index in [4.69, 9.17) is 9.68 Å². The van der Waals surface area contributed by atoms with Crippen molar-refractivity contribution in [3.05, 3.63) is 59.5 Å². The first-order valence-corrected chi connectivity index (χ1v) is 7.78. The number of hydrogen-bond acceptors (Lipinski definition) is 4. The van der Waals surface area contributed by atoms with Crippen LogP contribution in [0.25, 0.3) is 0 Å². The first-order chi connectivity index (χ1) is 11.2. The molecule has 0 saturated heterocycles. The number of nitriles is 1. The van der Waals surface area contributed by atoms with E-state index in [9.17, 15) is 9.59 Å². The molecule has 2 unspecified atom stereocenters. The van der Waals surface area contributed by atoms with Gasteiger partial charge in [-0.3, -0.25) is 9.59 Å². The van der Waals surface area contributed by atoms with Gasteiger partial charge >= 0.3 is 0 Å². The van der Waals surface area contributed by atoms with E-state index in [0.29, 0.717) is 17.7 Å². The Hall–Kier alpha value is -2.67. The van der Waals surface area contributed by atoms with E-state index >= 15 is 0 Å². The lowest BCUT2D eigenvalue weighted by molar-refractivity contribution is -0.121. The van der Waals surface area contributed by atoms with E-state index in [0.717, 1.165) is 18.4 Å². The molecule has 1 aliphatic carbocycles. The van der Waals surface area contributed by atoms with Crippen molar-refractivity contribution in [2.75, 3.05) is 0 Å². The van der Waals surface area contributed by atoms with Gasteiger partial charge in [-0.25, -0.2) is 0 Å². The number of carbonyl (C=O) groups excluding carboxylic acids is 2. The molecule has 2 atom stereocenters. The standard InChI is InChI=1S/C19H17NO3/c20-12-13-6-8-14(9-7-13)16(15-3-1-4-17(15)21)11-18(22)19-5-2-10-23-19/h2,5-10,15-16H,1,3-4,11H2. The van der Waals surface area contributed by atoms with Crippen LogP contribution in [0.15, 0.2) is 47.1 Å². The lowest BCUT2D eigenvalue weighted by atomic mass is 9.80. The number of ketones is 2. The summed E-state index contributed by atoms with van der Waals surface area (Å²) >= 11 is 0. The number of nitrogens with zero attached hydrogens (tertiary/aromatic N) is 1. The molecule has 0 bridgehead atoms. The predicted molar refractivity (Wildman–Crippen MR) is 83.9 cm³/mol. The van der Waals surface area contributed by atoms with Crippen LogP contribution >= 0.6 is 0 Å². The van der Waals surface area contributed by atoms with Gasteiger partial charge in [0.05, 0.1) is 17.9 Å². The van der Waals surface area contributed by atoms with Gasteiger partial charge in [0, 0.05) is 24.7 Å². The van der Waals surface area contributed by atoms with Crippen LogP contribution in [0.5, 0.6) is 0 Å². The maximum Gasteiger partial charge on any atom is 0.198 e. The van der Waals surface area contributed by atoms with Crippen LogP contribution in [0.2, 0.25) is 0 Å². The van der Waals surface area contributed by atoms with E-state index in [1.165, 1.54) is 6.26 Å². The van der Waals surface area contributed by atoms with Gasteiger partial charge in [-0.1, -0.05) is 12.1 Å². The highest BCUT2D eigenvalue weighted by atomic mass is 16.3. The molecule has 0 N–H and O–H groups in total. The van der Waals surface area contributed by atoms with Crippen LogP contribution in [0.3, 0.4) is 0 Å². The SMILES string of the molecule is N#Cc1ccc(C(CC(=O)c2ccco2)C2CCCC2=O)cc1. The van der Waals surface area contributed by atoms with E-state index in [1.54, 1.807) is 24.3 Å². The van der Waals surface area contributed by atoms with Crippen molar-refractivity contribution in [2.45, 2.75) is 31.6 Å². The number of benzene rings is 1. The molecule has 4 nitrogen and oxygen atoms in total. The molecule has 1 aliphatic rings. The summed E-state index contributed by atoms with van der Waals surface area (Å²) in [4.78, 5) is 24.6. The normalized spacial score (nSPS) is 18.6. The largest absolute Gasteiger partial charge is 0.461 e. The Bertz CT molecular complexity index is 738. The molecule has 1 heterocycles. The van der Waals surface area contributed by atoms with E-state index < -0.39 is 0 Å². The highest BCUT2D eigenvalue weighted by Gasteiger charge is 2.34. The van der Waals surface area contributed by atoms with Gasteiger partial charge in [-0.2, -0.15) is 5.26 Å². The van der Waals surface area contributed by atoms with Gasteiger partial charge in [-0.05, 0) is 42.7 Å². The Morgan fingerprint density at radius 2 is 2.09 bits per heavy atom. The first-order valence-electron chi connectivity index (χ1n) is 7.78. The number of Topliss-reactive ketones (excluding diaryl/α,β-unsaturated/α-hetero) is 2. The molecule has 1 aromatic heterocycles. The number of hydrogen-bond donors (Lipinski definition) is 0. The van der Waals surface area contributed by atoms with Gasteiger partial charge < -0.3 is 4.42 Å². The van der Waals surface area contributed by atoms with Crippen LogP contribution in [0.1, 0.15) is 53.3 Å². The van der Waals surface area contributed by atoms with Gasteiger partial charge in [-0.15, -0.1) is 0 Å². The van der Waals surface area contributed by atoms with Crippen molar-refractivity contribution in [3.63, 3.8) is 0 Å². The fourth-order valence-electron chi connectivity index (χ4n) is 3.30. The smallest absolute Gasteiger partial charge is 0.198 e. The molecule has 0 spiro atoms. The topological polar surface area (TPSA) is 71.1 Å². The summed E-state index contributed by atoms with van der Waals surface area (Å²) in [6.07, 6.45) is 4.01. The fourth-order valence-corrected chi connectivity index (χ4v) is 3.30. The van der Waals surface area contributed by atoms with Crippen LogP contribution in [-0.4, -0.2) is 11.6 Å². The van der Waals surface area contributed by atoms with Gasteiger partial charge in [0.2, 0.25) is 0 Å². The van der Waals surface area contributed by atoms with E-state index in [2.05, 4.69) is 6.07 Å². The molecule has 116 valence electrons. The van der Waals surface area contributed by atoms with E-state index in [-0.39, 0.29) is 29.8 Å². The predicted octanol–water partition coefficient (Wildman–Crippen LogP) is 3.88. The Labute approximate surface area is 134 Å². The second-order valence-electron chi connectivity index (χ2n) is 5.91. The molecule has 0 amide bonds. The van der Waals surface area contributed by atoms with Gasteiger partial charge in [0.1, 0.15) is 5.78 Å². The first kappa shape index (κ1) is 15.2. The molecule has 0 radical (unpaired) electrons. The third-order valence-corrected chi connectivity index (χ3v) is 4.51. The molecule has 1 saturated carbocycles. The van der Waals surface area contributed by atoms with Crippen molar-refractivity contribution in [1.82, 2.24) is 0 Å². The summed E-state index contributed by atoms with van der Waals surface area (Å²) in [7, 11) is 0. The monoisotopic (exact) mass is 307 g/mol. The highest BCUT2D eigenvalue weighted by molar-refractivity contribution is 5.94. The number of carbonyl (C=O) groups is 2. The Morgan fingerprint density at radius 3 is 2.65 bits per heavy atom. The maximum atomic E-state index is 12.4. The molecule has 4 heteroatoms. The van der Waals surface area contributed by atoms with Crippen molar-refractivity contribution < 1.29 is 14.0 Å². The van der Waals surface area contributed by atoms with Crippen molar-refractivity contribution in [2.24, 2.45) is 5.92 Å². The lowest BCUT2D eigenvalue weighted by Crippen LogP contribution is -2.20. The van der Waals surface area contributed by atoms with Crippen LogP contribution < -0.4 is 0 Å². The molecular weight excluding hydrogens is 290 g/mol. The zero-order valence-electron chi connectivity index (χ0n) is 12.7. The molecule has 0 aliphatic heterocycles. The summed E-state index contributed by atoms with van der Waals surface area (Å²) in [5.41, 5.74) is 1.51. The summed E-state index contributed by atoms with van der Waals surface area (Å²) < 4.78 is 5.18. The minimum absolute atomic E-state index is 0.0935. The summed E-state index contributed by atoms with van der Waals surface area (Å²) in [5.74, 6) is 0.182. The van der Waals surface area contributed by atoms with Crippen molar-refractivity contribution >= 4 is 11.6 Å². The number of rotatable bonds is 5. The minimum Gasteiger partial charge on any atom is -0.461 e. The average Bonchev–Trinajstić information content (AvgIpc) is 3.24. The van der Waals surface area contributed by atoms with Crippen molar-refractivity contribution in [1.29, 1.82) is 5.26 Å². The lowest BCUT2D eigenvalue weighted by Gasteiger charge is -2.22. The van der Waals surface area contributed by atoms with Gasteiger partial charge in [0.25, 0.3) is 0 Å². The molecule has 1 aromatic carbocycles. The number of furan rings is 1. The second kappa shape index (κ2) is 6.62. The Balaban J connectivity index is 1.88. The highest BCUT2D eigenvalue weighted by Crippen LogP contribution is 2.38. The Kier molecular flexibility index (Phi) is 4.38. The molecular formula is C19H17NO3. The molecule has 3 rings (SSSR count). The summed E-state index contributed by atoms with van der Waals surface area (Å²) in [6, 6.07) is 12.6. The summed E-state index contributed by atoms with van der Waals surface area (Å²) in [5, 5.41) is 8.92. The van der Waals surface area contributed by atoms with E-state index in [1.807, 2.05) is 12.1 Å². The molecule has 23 heavy (non-hydrogen) atoms.